The van der Waals surface area contributed by atoms with Crippen molar-refractivity contribution >= 4 is 11.8 Å². The number of nitriles is 1. The largest absolute Gasteiger partial charge is 0.245 e. The van der Waals surface area contributed by atoms with Gasteiger partial charge >= 0.3 is 0 Å². The molecule has 0 aliphatic carbocycles. The van der Waals surface area contributed by atoms with Gasteiger partial charge in [0.05, 0.1) is 16.3 Å². The third-order valence-electron chi connectivity index (χ3n) is 1.39. The van der Waals surface area contributed by atoms with E-state index < -0.39 is 0 Å². The van der Waals surface area contributed by atoms with Crippen LogP contribution in [-0.2, 0) is 0 Å². The topological polar surface area (TPSA) is 36.7 Å². The smallest absolute Gasteiger partial charge is 0.101 e. The molecular weight excluding hydrogens is 156 g/mol. The first-order valence-electron chi connectivity index (χ1n) is 3.19. The van der Waals surface area contributed by atoms with Crippen LogP contribution >= 0.6 is 11.8 Å². The fraction of sp³-hybridized carbons (Fsp3) is 0.250. The number of aromatic nitrogens is 1. The molecule has 3 heteroatoms. The fourth-order valence-electron chi connectivity index (χ4n) is 0.770. The minimum atomic E-state index is 0.655. The maximum Gasteiger partial charge on any atom is 0.101 e. The lowest BCUT2D eigenvalue weighted by molar-refractivity contribution is 1.06. The van der Waals surface area contributed by atoms with Gasteiger partial charge in [0.15, 0.2) is 0 Å². The van der Waals surface area contributed by atoms with Crippen molar-refractivity contribution in [3.8, 4) is 6.07 Å². The molecule has 0 radical (unpaired) electrons. The number of hydrogen-bond acceptors (Lipinski definition) is 3. The number of rotatable bonds is 1. The van der Waals surface area contributed by atoms with Crippen LogP contribution in [0.25, 0.3) is 0 Å². The zero-order valence-electron chi connectivity index (χ0n) is 6.46. The molecule has 56 valence electrons. The molecule has 2 nitrogen and oxygen atoms in total. The summed E-state index contributed by atoms with van der Waals surface area (Å²) in [5, 5.41) is 9.54. The Labute approximate surface area is 70.3 Å². The van der Waals surface area contributed by atoms with Crippen LogP contribution in [0.2, 0.25) is 0 Å². The second kappa shape index (κ2) is 3.40. The van der Waals surface area contributed by atoms with Crippen molar-refractivity contribution in [2.75, 3.05) is 6.26 Å². The van der Waals surface area contributed by atoms with Crippen LogP contribution in [0.4, 0.5) is 0 Å². The Balaban J connectivity index is 3.12. The molecule has 0 aliphatic heterocycles. The molecule has 0 fully saturated rings. The molecule has 0 saturated heterocycles. The molecule has 11 heavy (non-hydrogen) atoms. The zero-order valence-corrected chi connectivity index (χ0v) is 7.27. The second-order valence-electron chi connectivity index (χ2n) is 2.10. The van der Waals surface area contributed by atoms with Crippen molar-refractivity contribution in [1.82, 2.24) is 4.98 Å². The number of nitrogens with zero attached hydrogens (tertiary/aromatic N) is 2. The van der Waals surface area contributed by atoms with E-state index in [4.69, 9.17) is 5.26 Å². The number of thioether (sulfide) groups is 1. The summed E-state index contributed by atoms with van der Waals surface area (Å²) in [6, 6.07) is 5.73. The fourth-order valence-corrected chi connectivity index (χ4v) is 1.20. The highest BCUT2D eigenvalue weighted by molar-refractivity contribution is 7.98. The van der Waals surface area contributed by atoms with Crippen LogP contribution in [-0.4, -0.2) is 11.2 Å². The highest BCUT2D eigenvalue weighted by Crippen LogP contribution is 2.13. The highest BCUT2D eigenvalue weighted by atomic mass is 32.2. The van der Waals surface area contributed by atoms with E-state index in [1.54, 1.807) is 17.8 Å². The highest BCUT2D eigenvalue weighted by Gasteiger charge is 1.98. The van der Waals surface area contributed by atoms with E-state index in [0.29, 0.717) is 5.56 Å². The Morgan fingerprint density at radius 3 is 2.73 bits per heavy atom. The summed E-state index contributed by atoms with van der Waals surface area (Å²) in [5.41, 5.74) is 1.46. The Kier molecular flexibility index (Phi) is 2.50. The summed E-state index contributed by atoms with van der Waals surface area (Å²) in [6.07, 6.45) is 1.97. The third-order valence-corrected chi connectivity index (χ3v) is 2.04. The molecule has 0 spiro atoms. The Hall–Kier alpha value is -1.01. The van der Waals surface area contributed by atoms with Gasteiger partial charge in [0.2, 0.25) is 0 Å². The molecule has 1 heterocycles. The zero-order chi connectivity index (χ0) is 8.27. The lowest BCUT2D eigenvalue weighted by Gasteiger charge is -1.97. The van der Waals surface area contributed by atoms with Gasteiger partial charge in [-0.25, -0.2) is 4.98 Å². The first kappa shape index (κ1) is 8.09. The normalized spacial score (nSPS) is 9.18. The molecule has 0 amide bonds. The van der Waals surface area contributed by atoms with Crippen molar-refractivity contribution in [3.05, 3.63) is 23.4 Å². The minimum absolute atomic E-state index is 0.655. The van der Waals surface area contributed by atoms with Gasteiger partial charge in [0.25, 0.3) is 0 Å². The van der Waals surface area contributed by atoms with Gasteiger partial charge in [0, 0.05) is 0 Å². The number of aryl methyl sites for hydroxylation is 1. The van der Waals surface area contributed by atoms with Gasteiger partial charge in [-0.05, 0) is 25.3 Å². The average Bonchev–Trinajstić information content (AvgIpc) is 2.04. The predicted octanol–water partition coefficient (Wildman–Crippen LogP) is 1.98. The Bertz CT molecular complexity index is 301. The molecule has 1 aromatic heterocycles. The summed E-state index contributed by atoms with van der Waals surface area (Å²) in [6.45, 7) is 1.85. The molecule has 1 rings (SSSR count). The quantitative estimate of drug-likeness (QED) is 0.595. The van der Waals surface area contributed by atoms with Crippen molar-refractivity contribution in [2.45, 2.75) is 11.9 Å². The molecule has 0 bridgehead atoms. The van der Waals surface area contributed by atoms with Gasteiger partial charge in [0.1, 0.15) is 6.07 Å². The monoisotopic (exact) mass is 164 g/mol. The molecule has 0 atom stereocenters. The van der Waals surface area contributed by atoms with Gasteiger partial charge in [-0.15, -0.1) is 11.8 Å². The van der Waals surface area contributed by atoms with Crippen LogP contribution in [0.3, 0.4) is 0 Å². The SMILES string of the molecule is CSc1ccc(C#N)c(C)n1. The minimum Gasteiger partial charge on any atom is -0.245 e. The Morgan fingerprint density at radius 2 is 2.27 bits per heavy atom. The predicted molar refractivity (Wildman–Crippen MR) is 45.5 cm³/mol. The maximum atomic E-state index is 8.59. The van der Waals surface area contributed by atoms with Gasteiger partial charge in [-0.1, -0.05) is 0 Å². The van der Waals surface area contributed by atoms with Crippen LogP contribution in [0.1, 0.15) is 11.3 Å². The Morgan fingerprint density at radius 1 is 1.55 bits per heavy atom. The molecule has 0 unspecified atom stereocenters. The summed E-state index contributed by atoms with van der Waals surface area (Å²) in [7, 11) is 0. The number of pyridine rings is 1. The molecular formula is C8H8N2S. The molecule has 0 saturated carbocycles. The standard InChI is InChI=1S/C8H8N2S/c1-6-7(5-9)3-4-8(10-6)11-2/h3-4H,1-2H3. The molecule has 0 aliphatic rings. The van der Waals surface area contributed by atoms with E-state index in [1.165, 1.54) is 0 Å². The summed E-state index contributed by atoms with van der Waals surface area (Å²) in [4.78, 5) is 4.20. The van der Waals surface area contributed by atoms with Crippen molar-refractivity contribution in [3.63, 3.8) is 0 Å². The van der Waals surface area contributed by atoms with Crippen molar-refractivity contribution in [2.24, 2.45) is 0 Å². The van der Waals surface area contributed by atoms with Gasteiger partial charge in [-0.3, -0.25) is 0 Å². The lowest BCUT2D eigenvalue weighted by Crippen LogP contribution is -1.88. The summed E-state index contributed by atoms with van der Waals surface area (Å²) >= 11 is 1.58. The third kappa shape index (κ3) is 1.72. The van der Waals surface area contributed by atoms with E-state index in [2.05, 4.69) is 11.1 Å². The molecule has 1 aromatic rings. The van der Waals surface area contributed by atoms with Crippen molar-refractivity contribution < 1.29 is 0 Å². The van der Waals surface area contributed by atoms with E-state index in [9.17, 15) is 0 Å². The van der Waals surface area contributed by atoms with E-state index >= 15 is 0 Å². The maximum absolute atomic E-state index is 8.59. The first-order chi connectivity index (χ1) is 5.27. The molecule has 0 aromatic carbocycles. The van der Waals surface area contributed by atoms with Crippen LogP contribution in [0.5, 0.6) is 0 Å². The van der Waals surface area contributed by atoms with E-state index in [-0.39, 0.29) is 0 Å². The van der Waals surface area contributed by atoms with E-state index in [1.807, 2.05) is 19.2 Å². The number of hydrogen-bond donors (Lipinski definition) is 0. The lowest BCUT2D eigenvalue weighted by atomic mass is 10.2. The van der Waals surface area contributed by atoms with Crippen molar-refractivity contribution in [1.29, 1.82) is 5.26 Å². The van der Waals surface area contributed by atoms with Crippen LogP contribution < -0.4 is 0 Å². The average molecular weight is 164 g/mol. The van der Waals surface area contributed by atoms with Gasteiger partial charge in [-0.2, -0.15) is 5.26 Å². The van der Waals surface area contributed by atoms with Gasteiger partial charge < -0.3 is 0 Å². The molecule has 0 N–H and O–H groups in total. The summed E-state index contributed by atoms with van der Waals surface area (Å²) in [5.74, 6) is 0. The van der Waals surface area contributed by atoms with E-state index in [0.717, 1.165) is 10.7 Å². The van der Waals surface area contributed by atoms with Crippen LogP contribution in [0, 0.1) is 18.3 Å². The summed E-state index contributed by atoms with van der Waals surface area (Å²) < 4.78 is 0. The second-order valence-corrected chi connectivity index (χ2v) is 2.92. The first-order valence-corrected chi connectivity index (χ1v) is 4.42. The van der Waals surface area contributed by atoms with Crippen LogP contribution in [0.15, 0.2) is 17.2 Å².